The number of imide groups is 2. The molecule has 1 saturated heterocycles. The molecule has 1 atom stereocenters. The number of alkyl carbamates (subject to hydrolysis) is 1. The minimum atomic E-state index is -1.09. The fourth-order valence-electron chi connectivity index (χ4n) is 5.28. The van der Waals surface area contributed by atoms with Crippen molar-refractivity contribution in [2.75, 3.05) is 19.7 Å². The number of ether oxygens (including phenoxy) is 2. The summed E-state index contributed by atoms with van der Waals surface area (Å²) in [6.45, 7) is 6.32. The van der Waals surface area contributed by atoms with Gasteiger partial charge in [0.25, 0.3) is 17.7 Å². The average molecular weight is 609 g/mol. The van der Waals surface area contributed by atoms with Crippen LogP contribution in [0.2, 0.25) is 0 Å². The fourth-order valence-corrected chi connectivity index (χ4v) is 5.28. The molecular weight excluding hydrogens is 568 g/mol. The van der Waals surface area contributed by atoms with E-state index in [2.05, 4.69) is 16.0 Å². The highest BCUT2D eigenvalue weighted by molar-refractivity contribution is 6.27. The standard InChI is InChI=1S/C32H40N4O8/c1-32(2,3)44-31(42)34-16-9-7-5-4-6-8-15-33-26(38)19-43-21-17-20-11-10-12-22-27(20)23(18-21)30(41)36(29(22)40)24-13-14-25(37)35-28(24)39/h10-12,17-18,24H,4-9,13-16,19H2,1-3H3,(H,33,38)(H,34,42)(H,35,37,39). The van der Waals surface area contributed by atoms with Gasteiger partial charge in [0.1, 0.15) is 17.4 Å². The highest BCUT2D eigenvalue weighted by Crippen LogP contribution is 2.35. The minimum Gasteiger partial charge on any atom is -0.484 e. The SMILES string of the molecule is CC(C)(C)OC(=O)NCCCCCCCCNC(=O)COc1cc2c3c(cccc3c1)C(=O)N(C1CCC(=O)NC1=O)C2=O. The van der Waals surface area contributed by atoms with E-state index in [1.807, 2.05) is 20.8 Å². The molecule has 2 aliphatic rings. The average Bonchev–Trinajstić information content (AvgIpc) is 2.95. The van der Waals surface area contributed by atoms with Crippen molar-refractivity contribution in [3.05, 3.63) is 41.5 Å². The number of piperidine rings is 1. The van der Waals surface area contributed by atoms with Gasteiger partial charge in [0.05, 0.1) is 5.56 Å². The highest BCUT2D eigenvalue weighted by Gasteiger charge is 2.42. The Morgan fingerprint density at radius 2 is 1.57 bits per heavy atom. The maximum absolute atomic E-state index is 13.5. The second-order valence-electron chi connectivity index (χ2n) is 12.0. The van der Waals surface area contributed by atoms with Crippen LogP contribution < -0.4 is 20.7 Å². The van der Waals surface area contributed by atoms with E-state index in [1.54, 1.807) is 24.3 Å². The second-order valence-corrected chi connectivity index (χ2v) is 12.0. The summed E-state index contributed by atoms with van der Waals surface area (Å²) in [4.78, 5) is 75.8. The Hall–Kier alpha value is -4.48. The maximum Gasteiger partial charge on any atom is 0.407 e. The first-order valence-corrected chi connectivity index (χ1v) is 15.1. The molecule has 2 heterocycles. The van der Waals surface area contributed by atoms with Crippen molar-refractivity contribution in [2.24, 2.45) is 0 Å². The van der Waals surface area contributed by atoms with Crippen LogP contribution in [0, 0.1) is 0 Å². The van der Waals surface area contributed by atoms with Crippen LogP contribution in [0.3, 0.4) is 0 Å². The number of carbonyl (C=O) groups is 6. The molecule has 12 nitrogen and oxygen atoms in total. The zero-order valence-corrected chi connectivity index (χ0v) is 25.5. The van der Waals surface area contributed by atoms with Crippen molar-refractivity contribution in [3.63, 3.8) is 0 Å². The molecule has 6 amide bonds. The van der Waals surface area contributed by atoms with Gasteiger partial charge in [-0.1, -0.05) is 37.8 Å². The van der Waals surface area contributed by atoms with Gasteiger partial charge in [-0.15, -0.1) is 0 Å². The van der Waals surface area contributed by atoms with Gasteiger partial charge in [0.15, 0.2) is 6.61 Å². The van der Waals surface area contributed by atoms with Crippen molar-refractivity contribution >= 4 is 46.4 Å². The monoisotopic (exact) mass is 608 g/mol. The largest absolute Gasteiger partial charge is 0.484 e. The second kappa shape index (κ2) is 14.3. The number of rotatable bonds is 13. The topological polar surface area (TPSA) is 160 Å². The van der Waals surface area contributed by atoms with Crippen molar-refractivity contribution in [1.82, 2.24) is 20.9 Å². The lowest BCUT2D eigenvalue weighted by atomic mass is 9.91. The Kier molecular flexibility index (Phi) is 10.6. The third-order valence-electron chi connectivity index (χ3n) is 7.33. The molecule has 0 radical (unpaired) electrons. The number of nitrogens with one attached hydrogen (secondary N) is 3. The minimum absolute atomic E-state index is 0.0257. The molecule has 236 valence electrons. The lowest BCUT2D eigenvalue weighted by molar-refractivity contribution is -0.136. The third kappa shape index (κ3) is 8.33. The predicted molar refractivity (Wildman–Crippen MR) is 161 cm³/mol. The summed E-state index contributed by atoms with van der Waals surface area (Å²) >= 11 is 0. The van der Waals surface area contributed by atoms with Crippen molar-refractivity contribution < 1.29 is 38.2 Å². The Morgan fingerprint density at radius 3 is 2.25 bits per heavy atom. The van der Waals surface area contributed by atoms with Crippen LogP contribution in [-0.2, 0) is 19.1 Å². The highest BCUT2D eigenvalue weighted by atomic mass is 16.6. The predicted octanol–water partition coefficient (Wildman–Crippen LogP) is 3.60. The fraction of sp³-hybridized carbons (Fsp3) is 0.500. The molecule has 0 spiro atoms. The molecule has 1 fully saturated rings. The summed E-state index contributed by atoms with van der Waals surface area (Å²) in [6, 6.07) is 7.07. The molecule has 2 aliphatic heterocycles. The van der Waals surface area contributed by atoms with E-state index in [0.717, 1.165) is 43.4 Å². The Balaban J connectivity index is 1.21. The summed E-state index contributed by atoms with van der Waals surface area (Å²) in [5.41, 5.74) is -0.0312. The van der Waals surface area contributed by atoms with Gasteiger partial charge in [-0.3, -0.25) is 34.2 Å². The number of unbranched alkanes of at least 4 members (excludes halogenated alkanes) is 5. The number of hydrogen-bond acceptors (Lipinski definition) is 8. The van der Waals surface area contributed by atoms with Crippen LogP contribution in [0.1, 0.15) is 92.9 Å². The van der Waals surface area contributed by atoms with Gasteiger partial charge < -0.3 is 20.1 Å². The van der Waals surface area contributed by atoms with Crippen molar-refractivity contribution in [3.8, 4) is 5.75 Å². The Labute approximate surface area is 256 Å². The Morgan fingerprint density at radius 1 is 0.909 bits per heavy atom. The maximum atomic E-state index is 13.5. The zero-order chi connectivity index (χ0) is 31.9. The molecule has 4 rings (SSSR count). The van der Waals surface area contributed by atoms with Crippen LogP contribution in [0.25, 0.3) is 10.8 Å². The van der Waals surface area contributed by atoms with Crippen LogP contribution in [0.4, 0.5) is 4.79 Å². The molecule has 0 bridgehead atoms. The van der Waals surface area contributed by atoms with Crippen molar-refractivity contribution in [2.45, 2.75) is 83.8 Å². The van der Waals surface area contributed by atoms with E-state index in [-0.39, 0.29) is 42.2 Å². The molecule has 0 aliphatic carbocycles. The number of hydrogen-bond donors (Lipinski definition) is 3. The van der Waals surface area contributed by atoms with Gasteiger partial charge in [0, 0.05) is 30.5 Å². The molecule has 44 heavy (non-hydrogen) atoms. The summed E-state index contributed by atoms with van der Waals surface area (Å²) in [7, 11) is 0. The molecule has 12 heteroatoms. The quantitative estimate of drug-likeness (QED) is 0.230. The molecule has 2 aromatic carbocycles. The lowest BCUT2D eigenvalue weighted by Gasteiger charge is -2.34. The van der Waals surface area contributed by atoms with E-state index in [0.29, 0.717) is 23.9 Å². The van der Waals surface area contributed by atoms with E-state index >= 15 is 0 Å². The van der Waals surface area contributed by atoms with E-state index in [1.165, 1.54) is 6.07 Å². The van der Waals surface area contributed by atoms with Crippen LogP contribution in [-0.4, -0.2) is 71.9 Å². The van der Waals surface area contributed by atoms with Gasteiger partial charge in [-0.25, -0.2) is 4.79 Å². The molecule has 3 N–H and O–H groups in total. The Bertz CT molecular complexity index is 1450. The molecular formula is C32H40N4O8. The number of carbonyl (C=O) groups excluding carboxylic acids is 6. The lowest BCUT2D eigenvalue weighted by Crippen LogP contribution is -2.57. The first kappa shape index (κ1) is 32.4. The number of benzene rings is 2. The van der Waals surface area contributed by atoms with Gasteiger partial charge in [-0.2, -0.15) is 0 Å². The van der Waals surface area contributed by atoms with Crippen LogP contribution >= 0.6 is 0 Å². The van der Waals surface area contributed by atoms with E-state index in [4.69, 9.17) is 9.47 Å². The molecule has 2 aromatic rings. The summed E-state index contributed by atoms with van der Waals surface area (Å²) in [5.74, 6) is -2.39. The number of nitrogens with zero attached hydrogens (tertiary/aromatic N) is 1. The third-order valence-corrected chi connectivity index (χ3v) is 7.33. The van der Waals surface area contributed by atoms with E-state index < -0.39 is 41.4 Å². The molecule has 0 aromatic heterocycles. The van der Waals surface area contributed by atoms with Crippen molar-refractivity contribution in [1.29, 1.82) is 0 Å². The normalized spacial score (nSPS) is 16.5. The smallest absolute Gasteiger partial charge is 0.407 e. The van der Waals surface area contributed by atoms with Gasteiger partial charge >= 0.3 is 6.09 Å². The summed E-state index contributed by atoms with van der Waals surface area (Å²) in [6.07, 6.45) is 5.38. The summed E-state index contributed by atoms with van der Waals surface area (Å²) < 4.78 is 10.9. The van der Waals surface area contributed by atoms with Crippen LogP contribution in [0.15, 0.2) is 30.3 Å². The molecule has 0 saturated carbocycles. The first-order valence-electron chi connectivity index (χ1n) is 15.1. The van der Waals surface area contributed by atoms with Gasteiger partial charge in [0.2, 0.25) is 11.8 Å². The van der Waals surface area contributed by atoms with Crippen LogP contribution in [0.5, 0.6) is 5.75 Å². The first-order chi connectivity index (χ1) is 20.9. The number of amides is 6. The molecule has 1 unspecified atom stereocenters. The van der Waals surface area contributed by atoms with E-state index in [9.17, 15) is 28.8 Å². The van der Waals surface area contributed by atoms with Gasteiger partial charge in [-0.05, 0) is 63.6 Å². The zero-order valence-electron chi connectivity index (χ0n) is 25.5. The summed E-state index contributed by atoms with van der Waals surface area (Å²) in [5, 5.41) is 8.85.